The number of nitrogens with one attached hydrogen (secondary N) is 1. The maximum absolute atomic E-state index is 12.3. The van der Waals surface area contributed by atoms with Gasteiger partial charge in [-0.25, -0.2) is 13.6 Å². The van der Waals surface area contributed by atoms with Crippen molar-refractivity contribution in [1.29, 1.82) is 0 Å². The molecule has 0 spiro atoms. The van der Waals surface area contributed by atoms with E-state index in [-0.39, 0.29) is 16.5 Å². The van der Waals surface area contributed by atoms with Crippen molar-refractivity contribution in [2.75, 3.05) is 13.1 Å². The van der Waals surface area contributed by atoms with E-state index in [1.165, 1.54) is 4.90 Å². The van der Waals surface area contributed by atoms with Gasteiger partial charge in [0.2, 0.25) is 10.0 Å². The summed E-state index contributed by atoms with van der Waals surface area (Å²) >= 11 is 0. The van der Waals surface area contributed by atoms with Gasteiger partial charge in [-0.1, -0.05) is 0 Å². The summed E-state index contributed by atoms with van der Waals surface area (Å²) in [4.78, 5) is 13.6. The third kappa shape index (κ3) is 2.64. The topological polar surface area (TPSA) is 109 Å². The summed E-state index contributed by atoms with van der Waals surface area (Å²) in [6.45, 7) is 4.63. The Balaban J connectivity index is 2.49. The van der Waals surface area contributed by atoms with E-state index in [4.69, 9.17) is 5.14 Å². The number of rotatable bonds is 5. The van der Waals surface area contributed by atoms with Crippen LogP contribution in [0, 0.1) is 0 Å². The zero-order chi connectivity index (χ0) is 14.2. The van der Waals surface area contributed by atoms with Crippen LogP contribution in [0.1, 0.15) is 48.8 Å². The number of aromatic nitrogens is 2. The number of primary sulfonamides is 1. The van der Waals surface area contributed by atoms with Gasteiger partial charge in [-0.3, -0.25) is 9.89 Å². The molecule has 8 heteroatoms. The van der Waals surface area contributed by atoms with Gasteiger partial charge in [0.05, 0.1) is 5.69 Å². The molecule has 106 valence electrons. The first-order valence-corrected chi connectivity index (χ1v) is 7.85. The third-order valence-electron chi connectivity index (χ3n) is 3.27. The van der Waals surface area contributed by atoms with Gasteiger partial charge in [0.25, 0.3) is 5.91 Å². The number of nitrogens with two attached hydrogens (primary N) is 1. The lowest BCUT2D eigenvalue weighted by Crippen LogP contribution is -2.32. The molecule has 0 saturated heterocycles. The van der Waals surface area contributed by atoms with Crippen LogP contribution in [0.2, 0.25) is 0 Å². The van der Waals surface area contributed by atoms with Crippen LogP contribution >= 0.6 is 0 Å². The molecule has 0 aromatic carbocycles. The molecule has 1 aliphatic carbocycles. The number of carbonyl (C=O) groups is 1. The van der Waals surface area contributed by atoms with E-state index in [1.807, 2.05) is 13.8 Å². The van der Waals surface area contributed by atoms with Crippen molar-refractivity contribution in [3.05, 3.63) is 11.4 Å². The van der Waals surface area contributed by atoms with Crippen molar-refractivity contribution in [2.45, 2.75) is 37.5 Å². The SMILES string of the molecule is CCN(CC)C(=O)c1n[nH]c(C2CC2)c1S(N)(=O)=O. The minimum Gasteiger partial charge on any atom is -0.338 e. The van der Waals surface area contributed by atoms with Crippen molar-refractivity contribution in [3.8, 4) is 0 Å². The lowest BCUT2D eigenvalue weighted by Gasteiger charge is -2.17. The molecule has 1 heterocycles. The fraction of sp³-hybridized carbons (Fsp3) is 0.636. The monoisotopic (exact) mass is 286 g/mol. The minimum absolute atomic E-state index is 0.0897. The highest BCUT2D eigenvalue weighted by Gasteiger charge is 2.36. The molecule has 19 heavy (non-hydrogen) atoms. The fourth-order valence-electron chi connectivity index (χ4n) is 2.09. The lowest BCUT2D eigenvalue weighted by atomic mass is 10.2. The second kappa shape index (κ2) is 4.93. The Hall–Kier alpha value is -1.41. The number of H-pyrrole nitrogens is 1. The van der Waals surface area contributed by atoms with Crippen molar-refractivity contribution in [2.24, 2.45) is 5.14 Å². The van der Waals surface area contributed by atoms with E-state index in [0.717, 1.165) is 12.8 Å². The Kier molecular flexibility index (Phi) is 3.64. The van der Waals surface area contributed by atoms with Gasteiger partial charge in [-0.05, 0) is 26.7 Å². The normalized spacial score (nSPS) is 15.5. The highest BCUT2D eigenvalue weighted by atomic mass is 32.2. The van der Waals surface area contributed by atoms with E-state index in [0.29, 0.717) is 18.8 Å². The van der Waals surface area contributed by atoms with Gasteiger partial charge in [-0.2, -0.15) is 5.10 Å². The minimum atomic E-state index is -3.96. The van der Waals surface area contributed by atoms with Gasteiger partial charge >= 0.3 is 0 Å². The zero-order valence-corrected chi connectivity index (χ0v) is 11.8. The van der Waals surface area contributed by atoms with Crippen molar-refractivity contribution < 1.29 is 13.2 Å². The first-order chi connectivity index (χ1) is 8.90. The lowest BCUT2D eigenvalue weighted by molar-refractivity contribution is 0.0763. The van der Waals surface area contributed by atoms with Crippen LogP contribution in [0.3, 0.4) is 0 Å². The van der Waals surface area contributed by atoms with E-state index in [2.05, 4.69) is 10.2 Å². The molecule has 1 aliphatic rings. The molecule has 2 rings (SSSR count). The van der Waals surface area contributed by atoms with E-state index in [9.17, 15) is 13.2 Å². The summed E-state index contributed by atoms with van der Waals surface area (Å²) in [5.74, 6) is -0.281. The second-order valence-electron chi connectivity index (χ2n) is 4.61. The molecule has 0 radical (unpaired) electrons. The third-order valence-corrected chi connectivity index (χ3v) is 4.25. The van der Waals surface area contributed by atoms with Crippen LogP contribution < -0.4 is 5.14 Å². The smallest absolute Gasteiger partial charge is 0.275 e. The summed E-state index contributed by atoms with van der Waals surface area (Å²) in [6.07, 6.45) is 1.78. The Labute approximate surface area is 112 Å². The molecule has 0 aliphatic heterocycles. The van der Waals surface area contributed by atoms with Crippen LogP contribution in [-0.2, 0) is 10.0 Å². The summed E-state index contributed by atoms with van der Waals surface area (Å²) in [7, 11) is -3.96. The van der Waals surface area contributed by atoms with Crippen molar-refractivity contribution >= 4 is 15.9 Å². The molecule has 0 atom stereocenters. The van der Waals surface area contributed by atoms with Gasteiger partial charge < -0.3 is 4.90 Å². The molecule has 1 fully saturated rings. The number of amides is 1. The van der Waals surface area contributed by atoms with Gasteiger partial charge in [0.1, 0.15) is 4.90 Å². The van der Waals surface area contributed by atoms with E-state index >= 15 is 0 Å². The predicted octanol–water partition coefficient (Wildman–Crippen LogP) is 0.416. The summed E-state index contributed by atoms with van der Waals surface area (Å²) in [5, 5.41) is 11.8. The van der Waals surface area contributed by atoms with Crippen LogP contribution in [0.25, 0.3) is 0 Å². The fourth-order valence-corrected chi connectivity index (χ4v) is 3.01. The zero-order valence-electron chi connectivity index (χ0n) is 11.0. The Morgan fingerprint density at radius 3 is 2.42 bits per heavy atom. The first-order valence-electron chi connectivity index (χ1n) is 6.30. The standard InChI is InChI=1S/C11H18N4O3S/c1-3-15(4-2)11(16)9-10(19(12,17)18)8(13-14-9)7-5-6-7/h7H,3-6H2,1-2H3,(H,13,14)(H2,12,17,18). The van der Waals surface area contributed by atoms with Crippen molar-refractivity contribution in [1.82, 2.24) is 15.1 Å². The average molecular weight is 286 g/mol. The van der Waals surface area contributed by atoms with Crippen LogP contribution in [0.15, 0.2) is 4.90 Å². The van der Waals surface area contributed by atoms with E-state index < -0.39 is 15.9 Å². The van der Waals surface area contributed by atoms with Gasteiger partial charge in [-0.15, -0.1) is 0 Å². The molecule has 0 bridgehead atoms. The van der Waals surface area contributed by atoms with Crippen molar-refractivity contribution in [3.63, 3.8) is 0 Å². The number of hydrogen-bond donors (Lipinski definition) is 2. The highest BCUT2D eigenvalue weighted by molar-refractivity contribution is 7.89. The summed E-state index contributed by atoms with van der Waals surface area (Å²) in [5.41, 5.74) is 0.381. The number of nitrogens with zero attached hydrogens (tertiary/aromatic N) is 2. The number of aromatic amines is 1. The Bertz CT molecular complexity index is 585. The molecule has 1 amide bonds. The second-order valence-corrected chi connectivity index (χ2v) is 6.11. The molecule has 7 nitrogen and oxygen atoms in total. The summed E-state index contributed by atoms with van der Waals surface area (Å²) < 4.78 is 23.4. The van der Waals surface area contributed by atoms with Crippen LogP contribution in [-0.4, -0.2) is 42.5 Å². The van der Waals surface area contributed by atoms with Crippen LogP contribution in [0.4, 0.5) is 0 Å². The quantitative estimate of drug-likeness (QED) is 0.817. The molecular weight excluding hydrogens is 268 g/mol. The van der Waals surface area contributed by atoms with Gasteiger partial charge in [0.15, 0.2) is 5.69 Å². The molecule has 1 aromatic heterocycles. The number of sulfonamides is 1. The number of carbonyl (C=O) groups excluding carboxylic acids is 1. The Morgan fingerprint density at radius 1 is 1.42 bits per heavy atom. The molecule has 1 aromatic rings. The van der Waals surface area contributed by atoms with Crippen LogP contribution in [0.5, 0.6) is 0 Å². The predicted molar refractivity (Wildman–Crippen MR) is 69.2 cm³/mol. The Morgan fingerprint density at radius 2 is 2.00 bits per heavy atom. The summed E-state index contributed by atoms with van der Waals surface area (Å²) in [6, 6.07) is 0. The van der Waals surface area contributed by atoms with Gasteiger partial charge in [0, 0.05) is 19.0 Å². The highest BCUT2D eigenvalue weighted by Crippen LogP contribution is 2.42. The molecule has 3 N–H and O–H groups in total. The molecule has 0 unspecified atom stereocenters. The maximum Gasteiger partial charge on any atom is 0.275 e. The molecule has 1 saturated carbocycles. The number of hydrogen-bond acceptors (Lipinski definition) is 4. The average Bonchev–Trinajstić information content (AvgIpc) is 3.07. The first kappa shape index (κ1) is 14.0. The molecular formula is C11H18N4O3S. The maximum atomic E-state index is 12.3. The van der Waals surface area contributed by atoms with E-state index in [1.54, 1.807) is 0 Å². The largest absolute Gasteiger partial charge is 0.338 e.